The highest BCUT2D eigenvalue weighted by atomic mass is 16.5. The molecule has 25 heavy (non-hydrogen) atoms. The number of hydrogen-bond donors (Lipinski definition) is 2. The normalized spacial score (nSPS) is 11.6. The molecular weight excluding hydrogens is 316 g/mol. The van der Waals surface area contributed by atoms with Crippen LogP contribution in [0.3, 0.4) is 0 Å². The van der Waals surface area contributed by atoms with Gasteiger partial charge in [-0.2, -0.15) is 0 Å². The van der Waals surface area contributed by atoms with Crippen LogP contribution >= 0.6 is 0 Å². The Morgan fingerprint density at radius 2 is 2.04 bits per heavy atom. The molecule has 6 nitrogen and oxygen atoms in total. The standard InChI is InChI=1S/C19H34N4O2/c1-5-13-25-18-9-6-8-17(15-18)16-22-19(20-2)21-10-12-23(3)11-7-14-24-4/h6,8-9,15H,5,7,10-14,16H2,1-4H3,(H2,20,21,22). The van der Waals surface area contributed by atoms with E-state index in [1.165, 1.54) is 5.56 Å². The molecule has 1 aromatic rings. The maximum absolute atomic E-state index is 5.67. The summed E-state index contributed by atoms with van der Waals surface area (Å²) in [6, 6.07) is 8.17. The molecule has 0 unspecified atom stereocenters. The van der Waals surface area contributed by atoms with E-state index in [2.05, 4.69) is 46.6 Å². The Morgan fingerprint density at radius 3 is 2.76 bits per heavy atom. The average Bonchev–Trinajstić information content (AvgIpc) is 2.63. The van der Waals surface area contributed by atoms with Crippen molar-refractivity contribution < 1.29 is 9.47 Å². The first-order valence-corrected chi connectivity index (χ1v) is 9.03. The van der Waals surface area contributed by atoms with Gasteiger partial charge in [0, 0.05) is 46.9 Å². The molecule has 2 N–H and O–H groups in total. The number of benzene rings is 1. The largest absolute Gasteiger partial charge is 0.494 e. The van der Waals surface area contributed by atoms with Crippen LogP contribution in [0.15, 0.2) is 29.3 Å². The summed E-state index contributed by atoms with van der Waals surface area (Å²) in [5, 5.41) is 6.68. The quantitative estimate of drug-likeness (QED) is 0.343. The van der Waals surface area contributed by atoms with E-state index in [1.807, 2.05) is 12.1 Å². The maximum atomic E-state index is 5.67. The summed E-state index contributed by atoms with van der Waals surface area (Å²) in [6.07, 6.45) is 2.06. The van der Waals surface area contributed by atoms with Crippen molar-refractivity contribution in [2.75, 3.05) is 54.1 Å². The van der Waals surface area contributed by atoms with Gasteiger partial charge in [-0.3, -0.25) is 4.99 Å². The molecule has 0 amide bonds. The van der Waals surface area contributed by atoms with Crippen LogP contribution < -0.4 is 15.4 Å². The molecule has 0 bridgehead atoms. The number of rotatable bonds is 12. The number of aliphatic imine (C=N–C) groups is 1. The van der Waals surface area contributed by atoms with Crippen molar-refractivity contribution in [2.24, 2.45) is 4.99 Å². The minimum Gasteiger partial charge on any atom is -0.494 e. The average molecular weight is 351 g/mol. The Hall–Kier alpha value is -1.79. The molecule has 0 heterocycles. The van der Waals surface area contributed by atoms with Gasteiger partial charge in [0.2, 0.25) is 0 Å². The summed E-state index contributed by atoms with van der Waals surface area (Å²) in [5.41, 5.74) is 1.17. The highest BCUT2D eigenvalue weighted by molar-refractivity contribution is 5.79. The number of nitrogens with one attached hydrogen (secondary N) is 2. The van der Waals surface area contributed by atoms with E-state index in [-0.39, 0.29) is 0 Å². The van der Waals surface area contributed by atoms with E-state index in [0.29, 0.717) is 6.54 Å². The first-order valence-electron chi connectivity index (χ1n) is 9.03. The monoisotopic (exact) mass is 350 g/mol. The molecule has 0 spiro atoms. The molecule has 0 aliphatic rings. The zero-order valence-corrected chi connectivity index (χ0v) is 16.2. The lowest BCUT2D eigenvalue weighted by Gasteiger charge is -2.18. The molecule has 0 aliphatic carbocycles. The SMILES string of the molecule is CCCOc1cccc(CNC(=NC)NCCN(C)CCCOC)c1. The van der Waals surface area contributed by atoms with Gasteiger partial charge < -0.3 is 25.0 Å². The second-order valence-electron chi connectivity index (χ2n) is 6.00. The molecule has 0 fully saturated rings. The molecule has 6 heteroatoms. The molecule has 0 saturated carbocycles. The van der Waals surface area contributed by atoms with Crippen molar-refractivity contribution in [2.45, 2.75) is 26.3 Å². The van der Waals surface area contributed by atoms with E-state index in [9.17, 15) is 0 Å². The van der Waals surface area contributed by atoms with Crippen molar-refractivity contribution in [1.29, 1.82) is 0 Å². The van der Waals surface area contributed by atoms with Gasteiger partial charge in [-0.1, -0.05) is 19.1 Å². The fourth-order valence-electron chi connectivity index (χ4n) is 2.33. The van der Waals surface area contributed by atoms with Gasteiger partial charge in [-0.05, 0) is 37.6 Å². The second kappa shape index (κ2) is 13.5. The second-order valence-corrected chi connectivity index (χ2v) is 6.00. The van der Waals surface area contributed by atoms with Gasteiger partial charge in [-0.15, -0.1) is 0 Å². The van der Waals surface area contributed by atoms with Gasteiger partial charge in [0.05, 0.1) is 6.61 Å². The van der Waals surface area contributed by atoms with Crippen molar-refractivity contribution in [1.82, 2.24) is 15.5 Å². The van der Waals surface area contributed by atoms with Crippen LogP contribution in [0.5, 0.6) is 5.75 Å². The molecule has 0 aliphatic heterocycles. The summed E-state index contributed by atoms with van der Waals surface area (Å²) in [7, 11) is 5.65. The minimum absolute atomic E-state index is 0.715. The van der Waals surface area contributed by atoms with Crippen LogP contribution in [-0.2, 0) is 11.3 Å². The van der Waals surface area contributed by atoms with Crippen LogP contribution in [0.4, 0.5) is 0 Å². The van der Waals surface area contributed by atoms with Crippen molar-refractivity contribution in [3.8, 4) is 5.75 Å². The lowest BCUT2D eigenvalue weighted by molar-refractivity contribution is 0.180. The number of ether oxygens (including phenoxy) is 2. The number of nitrogens with zero attached hydrogens (tertiary/aromatic N) is 2. The number of likely N-dealkylation sites (N-methyl/N-ethyl adjacent to an activating group) is 1. The molecule has 0 radical (unpaired) electrons. The first-order chi connectivity index (χ1) is 12.2. The van der Waals surface area contributed by atoms with Gasteiger partial charge >= 0.3 is 0 Å². The lowest BCUT2D eigenvalue weighted by Crippen LogP contribution is -2.40. The van der Waals surface area contributed by atoms with Crippen molar-refractivity contribution in [3.63, 3.8) is 0 Å². The van der Waals surface area contributed by atoms with Gasteiger partial charge in [0.25, 0.3) is 0 Å². The third-order valence-corrected chi connectivity index (χ3v) is 3.73. The van der Waals surface area contributed by atoms with E-state index >= 15 is 0 Å². The molecule has 142 valence electrons. The molecular formula is C19H34N4O2. The number of hydrogen-bond acceptors (Lipinski definition) is 4. The summed E-state index contributed by atoms with van der Waals surface area (Å²) >= 11 is 0. The molecule has 0 saturated heterocycles. The molecule has 1 rings (SSSR count). The van der Waals surface area contributed by atoms with E-state index in [1.54, 1.807) is 14.2 Å². The van der Waals surface area contributed by atoms with Gasteiger partial charge in [-0.25, -0.2) is 0 Å². The highest BCUT2D eigenvalue weighted by Crippen LogP contribution is 2.13. The van der Waals surface area contributed by atoms with Crippen LogP contribution in [0.25, 0.3) is 0 Å². The Labute approximate surface area is 152 Å². The lowest BCUT2D eigenvalue weighted by atomic mass is 10.2. The van der Waals surface area contributed by atoms with Crippen LogP contribution in [0, 0.1) is 0 Å². The Kier molecular flexibility index (Phi) is 11.5. The van der Waals surface area contributed by atoms with Gasteiger partial charge in [0.1, 0.15) is 5.75 Å². The summed E-state index contributed by atoms with van der Waals surface area (Å²) in [6.45, 7) is 7.22. The zero-order valence-electron chi connectivity index (χ0n) is 16.2. The minimum atomic E-state index is 0.715. The Balaban J connectivity index is 2.30. The molecule has 0 atom stereocenters. The third kappa shape index (κ3) is 9.94. The molecule has 0 aromatic heterocycles. The summed E-state index contributed by atoms with van der Waals surface area (Å²) in [5.74, 6) is 1.73. The van der Waals surface area contributed by atoms with E-state index < -0.39 is 0 Å². The fourth-order valence-corrected chi connectivity index (χ4v) is 2.33. The van der Waals surface area contributed by atoms with Gasteiger partial charge in [0.15, 0.2) is 5.96 Å². The molecule has 1 aromatic carbocycles. The zero-order chi connectivity index (χ0) is 18.3. The van der Waals surface area contributed by atoms with Crippen LogP contribution in [0.1, 0.15) is 25.3 Å². The summed E-state index contributed by atoms with van der Waals surface area (Å²) < 4.78 is 10.7. The predicted molar refractivity (Wildman–Crippen MR) is 104 cm³/mol. The Bertz CT molecular complexity index is 494. The predicted octanol–water partition coefficient (Wildman–Crippen LogP) is 2.11. The Morgan fingerprint density at radius 1 is 1.20 bits per heavy atom. The maximum Gasteiger partial charge on any atom is 0.191 e. The van der Waals surface area contributed by atoms with E-state index in [0.717, 1.165) is 57.4 Å². The topological polar surface area (TPSA) is 58.1 Å². The number of guanidine groups is 1. The first kappa shape index (κ1) is 21.3. The van der Waals surface area contributed by atoms with Crippen molar-refractivity contribution in [3.05, 3.63) is 29.8 Å². The smallest absolute Gasteiger partial charge is 0.191 e. The van der Waals surface area contributed by atoms with Crippen molar-refractivity contribution >= 4 is 5.96 Å². The third-order valence-electron chi connectivity index (χ3n) is 3.73. The highest BCUT2D eigenvalue weighted by Gasteiger charge is 2.02. The van der Waals surface area contributed by atoms with E-state index in [4.69, 9.17) is 9.47 Å². The fraction of sp³-hybridized carbons (Fsp3) is 0.632. The summed E-state index contributed by atoms with van der Waals surface area (Å²) in [4.78, 5) is 6.56. The number of methoxy groups -OCH3 is 1. The van der Waals surface area contributed by atoms with Crippen LogP contribution in [-0.4, -0.2) is 64.9 Å². The van der Waals surface area contributed by atoms with Crippen LogP contribution in [0.2, 0.25) is 0 Å².